The van der Waals surface area contributed by atoms with Crippen molar-refractivity contribution in [3.63, 3.8) is 0 Å². The molecular formula is C23H34N2O5S. The minimum absolute atomic E-state index is 0.134. The van der Waals surface area contributed by atoms with Crippen LogP contribution in [0.3, 0.4) is 0 Å². The number of esters is 1. The molecule has 0 unspecified atom stereocenters. The number of rotatable bonds is 5. The first-order chi connectivity index (χ1) is 14.7. The molecule has 2 aliphatic rings. The molecule has 0 radical (unpaired) electrons. The first kappa shape index (κ1) is 23.7. The van der Waals surface area contributed by atoms with Crippen LogP contribution in [0.1, 0.15) is 56.6 Å². The smallest absolute Gasteiger partial charge is 0.309 e. The Morgan fingerprint density at radius 3 is 2.19 bits per heavy atom. The van der Waals surface area contributed by atoms with E-state index in [1.807, 2.05) is 13.0 Å². The van der Waals surface area contributed by atoms with E-state index in [1.165, 1.54) is 4.31 Å². The van der Waals surface area contributed by atoms with Gasteiger partial charge in [-0.05, 0) is 58.1 Å². The molecule has 1 amide bonds. The molecule has 0 aliphatic carbocycles. The summed E-state index contributed by atoms with van der Waals surface area (Å²) >= 11 is 0. The second-order valence-corrected chi connectivity index (χ2v) is 10.7. The van der Waals surface area contributed by atoms with E-state index in [-0.39, 0.29) is 24.9 Å². The van der Waals surface area contributed by atoms with E-state index in [0.29, 0.717) is 17.7 Å². The van der Waals surface area contributed by atoms with Crippen LogP contribution in [0.4, 0.5) is 0 Å². The molecule has 0 spiro atoms. The Balaban J connectivity index is 1.55. The quantitative estimate of drug-likeness (QED) is 0.644. The fourth-order valence-corrected chi connectivity index (χ4v) is 6.10. The van der Waals surface area contributed by atoms with Gasteiger partial charge < -0.3 is 9.64 Å². The van der Waals surface area contributed by atoms with Crippen molar-refractivity contribution in [1.29, 1.82) is 0 Å². The number of sulfonamides is 1. The number of nitrogens with zero attached hydrogens (tertiary/aromatic N) is 2. The van der Waals surface area contributed by atoms with Crippen molar-refractivity contribution in [3.8, 4) is 0 Å². The predicted molar refractivity (Wildman–Crippen MR) is 118 cm³/mol. The van der Waals surface area contributed by atoms with Gasteiger partial charge in [0.2, 0.25) is 10.0 Å². The van der Waals surface area contributed by atoms with E-state index in [0.717, 1.165) is 49.9 Å². The number of hydrogen-bond acceptors (Lipinski definition) is 5. The lowest BCUT2D eigenvalue weighted by Gasteiger charge is -2.31. The molecule has 172 valence electrons. The largest absolute Gasteiger partial charge is 0.452 e. The Hall–Kier alpha value is -1.93. The lowest BCUT2D eigenvalue weighted by atomic mass is 9.98. The van der Waals surface area contributed by atoms with Crippen LogP contribution in [-0.4, -0.2) is 61.8 Å². The van der Waals surface area contributed by atoms with Crippen molar-refractivity contribution in [2.75, 3.05) is 26.2 Å². The van der Waals surface area contributed by atoms with Gasteiger partial charge >= 0.3 is 5.97 Å². The van der Waals surface area contributed by atoms with Gasteiger partial charge in [-0.2, -0.15) is 4.31 Å². The van der Waals surface area contributed by atoms with Crippen molar-refractivity contribution in [1.82, 2.24) is 9.21 Å². The highest BCUT2D eigenvalue weighted by Crippen LogP contribution is 2.27. The lowest BCUT2D eigenvalue weighted by molar-refractivity contribution is -0.163. The van der Waals surface area contributed by atoms with Gasteiger partial charge in [-0.1, -0.05) is 30.5 Å². The summed E-state index contributed by atoms with van der Waals surface area (Å²) in [6.07, 6.45) is 4.21. The third-order valence-corrected chi connectivity index (χ3v) is 8.35. The second-order valence-electron chi connectivity index (χ2n) is 8.77. The zero-order chi connectivity index (χ0) is 22.6. The molecule has 2 fully saturated rings. The first-order valence-electron chi connectivity index (χ1n) is 11.3. The molecule has 2 aliphatic heterocycles. The highest BCUT2D eigenvalue weighted by molar-refractivity contribution is 7.89. The van der Waals surface area contributed by atoms with Crippen molar-refractivity contribution in [2.24, 2.45) is 5.92 Å². The zero-order valence-corrected chi connectivity index (χ0v) is 19.6. The molecule has 2 saturated heterocycles. The summed E-state index contributed by atoms with van der Waals surface area (Å²) in [5.74, 6) is -0.922. The van der Waals surface area contributed by atoms with Gasteiger partial charge in [-0.25, -0.2) is 8.42 Å². The number of carbonyl (C=O) groups excluding carboxylic acids is 2. The molecular weight excluding hydrogens is 416 g/mol. The number of ether oxygens (including phenoxy) is 1. The van der Waals surface area contributed by atoms with Gasteiger partial charge in [-0.15, -0.1) is 0 Å². The van der Waals surface area contributed by atoms with E-state index in [2.05, 4.69) is 0 Å². The number of likely N-dealkylation sites (tertiary alicyclic amines) is 1. The van der Waals surface area contributed by atoms with Crippen molar-refractivity contribution in [3.05, 3.63) is 29.3 Å². The molecule has 0 bridgehead atoms. The topological polar surface area (TPSA) is 84.0 Å². The van der Waals surface area contributed by atoms with Crippen LogP contribution >= 0.6 is 0 Å². The SMILES string of the molecule is Cc1ccc(S(=O)(=O)N2CCC(C(=O)O[C@@H](C)C(=O)N3CCCCCC3)CC2)c(C)c1. The van der Waals surface area contributed by atoms with Crippen LogP contribution in [-0.2, 0) is 24.3 Å². The molecule has 31 heavy (non-hydrogen) atoms. The minimum atomic E-state index is -3.59. The molecule has 0 saturated carbocycles. The third-order valence-electron chi connectivity index (χ3n) is 6.29. The van der Waals surface area contributed by atoms with Crippen molar-refractivity contribution < 1.29 is 22.7 Å². The summed E-state index contributed by atoms with van der Waals surface area (Å²) < 4.78 is 33.0. The fraction of sp³-hybridized carbons (Fsp3) is 0.652. The number of benzene rings is 1. The Morgan fingerprint density at radius 1 is 1.00 bits per heavy atom. The summed E-state index contributed by atoms with van der Waals surface area (Å²) in [6, 6.07) is 5.31. The summed E-state index contributed by atoms with van der Waals surface area (Å²) in [5, 5.41) is 0. The summed E-state index contributed by atoms with van der Waals surface area (Å²) in [7, 11) is -3.59. The third kappa shape index (κ3) is 5.66. The average molecular weight is 451 g/mol. The molecule has 3 rings (SSSR count). The molecule has 0 aromatic heterocycles. The van der Waals surface area contributed by atoms with Gasteiger partial charge in [0.05, 0.1) is 10.8 Å². The number of amides is 1. The molecule has 1 aromatic rings. The van der Waals surface area contributed by atoms with Crippen LogP contribution in [0, 0.1) is 19.8 Å². The van der Waals surface area contributed by atoms with Gasteiger partial charge in [0.15, 0.2) is 6.10 Å². The number of piperidine rings is 1. The van der Waals surface area contributed by atoms with E-state index < -0.39 is 22.1 Å². The fourth-order valence-electron chi connectivity index (χ4n) is 4.43. The Morgan fingerprint density at radius 2 is 1.61 bits per heavy atom. The monoisotopic (exact) mass is 450 g/mol. The Bertz CT molecular complexity index is 899. The second kappa shape index (κ2) is 10.1. The summed E-state index contributed by atoms with van der Waals surface area (Å²) in [6.45, 7) is 7.33. The number of hydrogen-bond donors (Lipinski definition) is 0. The molecule has 1 aromatic carbocycles. The van der Waals surface area contributed by atoms with Gasteiger partial charge in [0.1, 0.15) is 0 Å². The van der Waals surface area contributed by atoms with Crippen molar-refractivity contribution >= 4 is 21.9 Å². The van der Waals surface area contributed by atoms with E-state index >= 15 is 0 Å². The first-order valence-corrected chi connectivity index (χ1v) is 12.7. The van der Waals surface area contributed by atoms with Crippen LogP contribution in [0.2, 0.25) is 0 Å². The zero-order valence-electron chi connectivity index (χ0n) is 18.8. The number of carbonyl (C=O) groups is 2. The maximum atomic E-state index is 13.0. The molecule has 0 N–H and O–H groups in total. The van der Waals surface area contributed by atoms with E-state index in [4.69, 9.17) is 4.74 Å². The van der Waals surface area contributed by atoms with Crippen LogP contribution in [0.15, 0.2) is 23.1 Å². The van der Waals surface area contributed by atoms with E-state index in [1.54, 1.807) is 30.9 Å². The Labute approximate surface area is 185 Å². The predicted octanol–water partition coefficient (Wildman–Crippen LogP) is 3.04. The van der Waals surface area contributed by atoms with Gasteiger partial charge in [0, 0.05) is 26.2 Å². The van der Waals surface area contributed by atoms with Crippen LogP contribution in [0.25, 0.3) is 0 Å². The highest BCUT2D eigenvalue weighted by atomic mass is 32.2. The number of aryl methyl sites for hydroxylation is 2. The van der Waals surface area contributed by atoms with Crippen molar-refractivity contribution in [2.45, 2.75) is 70.3 Å². The summed E-state index contributed by atoms with van der Waals surface area (Å²) in [4.78, 5) is 27.4. The maximum Gasteiger partial charge on any atom is 0.309 e. The lowest BCUT2D eigenvalue weighted by Crippen LogP contribution is -2.43. The average Bonchev–Trinajstić information content (AvgIpc) is 3.02. The minimum Gasteiger partial charge on any atom is -0.452 e. The maximum absolute atomic E-state index is 13.0. The summed E-state index contributed by atoms with van der Waals surface area (Å²) in [5.41, 5.74) is 1.74. The normalized spacial score (nSPS) is 20.2. The van der Waals surface area contributed by atoms with Crippen LogP contribution < -0.4 is 0 Å². The van der Waals surface area contributed by atoms with E-state index in [9.17, 15) is 18.0 Å². The molecule has 8 heteroatoms. The highest BCUT2D eigenvalue weighted by Gasteiger charge is 2.35. The molecule has 7 nitrogen and oxygen atoms in total. The standard InChI is InChI=1S/C23H34N2O5S/c1-17-8-9-21(18(2)16-17)31(28,29)25-14-10-20(11-15-25)23(27)30-19(3)22(26)24-12-6-4-5-7-13-24/h8-9,16,19-20H,4-7,10-15H2,1-3H3/t19-/m0/s1. The van der Waals surface area contributed by atoms with Crippen LogP contribution in [0.5, 0.6) is 0 Å². The van der Waals surface area contributed by atoms with Gasteiger partial charge in [0.25, 0.3) is 5.91 Å². The molecule has 1 atom stereocenters. The Kier molecular flexibility index (Phi) is 7.75. The van der Waals surface area contributed by atoms with Gasteiger partial charge in [-0.3, -0.25) is 9.59 Å². The molecule has 2 heterocycles.